The van der Waals surface area contributed by atoms with E-state index in [2.05, 4.69) is 4.74 Å². The van der Waals surface area contributed by atoms with Gasteiger partial charge in [0.15, 0.2) is 0 Å². The molecule has 0 radical (unpaired) electrons. The minimum Gasteiger partial charge on any atom is -0.469 e. The standard InChI is InChI=1S/C6H11ClO2/c1-5(7)3-4-6(8)9-2/h5H,3-4H2,1-2H3. The Morgan fingerprint density at radius 1 is 1.78 bits per heavy atom. The van der Waals surface area contributed by atoms with Gasteiger partial charge in [-0.1, -0.05) is 0 Å². The number of methoxy groups -OCH3 is 1. The van der Waals surface area contributed by atoms with Crippen molar-refractivity contribution in [1.82, 2.24) is 0 Å². The molecular weight excluding hydrogens is 140 g/mol. The van der Waals surface area contributed by atoms with E-state index in [4.69, 9.17) is 11.6 Å². The van der Waals surface area contributed by atoms with Gasteiger partial charge in [0.1, 0.15) is 0 Å². The third-order valence-corrected chi connectivity index (χ3v) is 1.19. The quantitative estimate of drug-likeness (QED) is 0.451. The zero-order chi connectivity index (χ0) is 7.28. The predicted octanol–water partition coefficient (Wildman–Crippen LogP) is 1.57. The van der Waals surface area contributed by atoms with Crippen LogP contribution in [0.2, 0.25) is 0 Å². The summed E-state index contributed by atoms with van der Waals surface area (Å²) < 4.78 is 4.40. The van der Waals surface area contributed by atoms with E-state index in [-0.39, 0.29) is 11.3 Å². The van der Waals surface area contributed by atoms with Crippen molar-refractivity contribution < 1.29 is 9.53 Å². The fourth-order valence-electron chi connectivity index (χ4n) is 0.419. The second-order valence-electron chi connectivity index (χ2n) is 1.90. The summed E-state index contributed by atoms with van der Waals surface area (Å²) >= 11 is 5.57. The van der Waals surface area contributed by atoms with Crippen LogP contribution in [-0.4, -0.2) is 18.5 Å². The maximum absolute atomic E-state index is 10.4. The van der Waals surface area contributed by atoms with Crippen LogP contribution in [0.25, 0.3) is 0 Å². The molecule has 0 aromatic heterocycles. The third kappa shape index (κ3) is 5.63. The number of alkyl halides is 1. The third-order valence-electron chi connectivity index (χ3n) is 0.974. The highest BCUT2D eigenvalue weighted by atomic mass is 35.5. The molecule has 0 saturated heterocycles. The zero-order valence-corrected chi connectivity index (χ0v) is 6.44. The number of carbonyl (C=O) groups is 1. The van der Waals surface area contributed by atoms with Crippen molar-refractivity contribution in [2.24, 2.45) is 0 Å². The molecule has 0 aromatic carbocycles. The van der Waals surface area contributed by atoms with Gasteiger partial charge in [0.2, 0.25) is 0 Å². The van der Waals surface area contributed by atoms with Crippen LogP contribution in [0.15, 0.2) is 0 Å². The normalized spacial score (nSPS) is 12.8. The highest BCUT2D eigenvalue weighted by Gasteiger charge is 2.02. The molecule has 0 rings (SSSR count). The molecule has 0 aliphatic heterocycles. The van der Waals surface area contributed by atoms with Gasteiger partial charge in [-0.25, -0.2) is 0 Å². The van der Waals surface area contributed by atoms with Crippen molar-refractivity contribution >= 4 is 17.6 Å². The average Bonchev–Trinajstić information content (AvgIpc) is 1.83. The van der Waals surface area contributed by atoms with Crippen LogP contribution in [0.4, 0.5) is 0 Å². The molecule has 0 heterocycles. The smallest absolute Gasteiger partial charge is 0.305 e. The number of ether oxygens (including phenoxy) is 1. The van der Waals surface area contributed by atoms with E-state index in [9.17, 15) is 4.79 Å². The van der Waals surface area contributed by atoms with Crippen molar-refractivity contribution in [1.29, 1.82) is 0 Å². The minimum atomic E-state index is -0.192. The molecule has 0 spiro atoms. The van der Waals surface area contributed by atoms with Gasteiger partial charge in [-0.15, -0.1) is 11.6 Å². The molecule has 9 heavy (non-hydrogen) atoms. The van der Waals surface area contributed by atoms with E-state index in [1.807, 2.05) is 6.92 Å². The van der Waals surface area contributed by atoms with Gasteiger partial charge >= 0.3 is 5.97 Å². The van der Waals surface area contributed by atoms with Gasteiger partial charge in [0.05, 0.1) is 7.11 Å². The topological polar surface area (TPSA) is 26.3 Å². The first kappa shape index (κ1) is 8.76. The van der Waals surface area contributed by atoms with E-state index >= 15 is 0 Å². The first-order valence-electron chi connectivity index (χ1n) is 2.87. The molecule has 0 aromatic rings. The van der Waals surface area contributed by atoms with Gasteiger partial charge in [0.25, 0.3) is 0 Å². The van der Waals surface area contributed by atoms with Crippen LogP contribution in [0.3, 0.4) is 0 Å². The molecule has 0 saturated carbocycles. The molecular formula is C6H11ClO2. The second kappa shape index (κ2) is 4.62. The minimum absolute atomic E-state index is 0.0594. The number of hydrogen-bond donors (Lipinski definition) is 0. The van der Waals surface area contributed by atoms with Crippen molar-refractivity contribution in [2.45, 2.75) is 25.1 Å². The van der Waals surface area contributed by atoms with Gasteiger partial charge < -0.3 is 4.74 Å². The summed E-state index contributed by atoms with van der Waals surface area (Å²) in [6.07, 6.45) is 1.11. The molecule has 0 aliphatic rings. The summed E-state index contributed by atoms with van der Waals surface area (Å²) in [7, 11) is 1.38. The van der Waals surface area contributed by atoms with Gasteiger partial charge in [-0.3, -0.25) is 4.79 Å². The Labute approximate surface area is 60.1 Å². The zero-order valence-electron chi connectivity index (χ0n) is 5.69. The highest BCUT2D eigenvalue weighted by Crippen LogP contribution is 2.03. The summed E-state index contributed by atoms with van der Waals surface area (Å²) in [5.74, 6) is -0.192. The summed E-state index contributed by atoms with van der Waals surface area (Å²) in [5, 5.41) is 0.0594. The van der Waals surface area contributed by atoms with E-state index in [1.54, 1.807) is 0 Å². The monoisotopic (exact) mass is 150 g/mol. The molecule has 2 nitrogen and oxygen atoms in total. The molecule has 0 aliphatic carbocycles. The summed E-state index contributed by atoms with van der Waals surface area (Å²) in [5.41, 5.74) is 0. The first-order valence-corrected chi connectivity index (χ1v) is 3.31. The average molecular weight is 151 g/mol. The molecule has 0 fully saturated rings. The Morgan fingerprint density at radius 2 is 2.33 bits per heavy atom. The molecule has 1 atom stereocenters. The lowest BCUT2D eigenvalue weighted by molar-refractivity contribution is -0.140. The fraction of sp³-hybridized carbons (Fsp3) is 0.833. The maximum atomic E-state index is 10.4. The number of esters is 1. The van der Waals surface area contributed by atoms with Crippen LogP contribution < -0.4 is 0 Å². The van der Waals surface area contributed by atoms with Crippen molar-refractivity contribution in [3.63, 3.8) is 0 Å². The van der Waals surface area contributed by atoms with Crippen molar-refractivity contribution in [3.8, 4) is 0 Å². The Balaban J connectivity index is 3.17. The predicted molar refractivity (Wildman–Crippen MR) is 36.6 cm³/mol. The van der Waals surface area contributed by atoms with E-state index in [0.29, 0.717) is 12.8 Å². The van der Waals surface area contributed by atoms with Gasteiger partial charge in [0, 0.05) is 11.8 Å². The number of hydrogen-bond acceptors (Lipinski definition) is 2. The fourth-order valence-corrected chi connectivity index (χ4v) is 0.528. The molecule has 3 heteroatoms. The Morgan fingerprint density at radius 3 is 2.67 bits per heavy atom. The van der Waals surface area contributed by atoms with E-state index in [1.165, 1.54) is 7.11 Å². The number of halogens is 1. The molecule has 1 unspecified atom stereocenters. The lowest BCUT2D eigenvalue weighted by Gasteiger charge is -1.99. The number of carbonyl (C=O) groups excluding carboxylic acids is 1. The van der Waals surface area contributed by atoms with Crippen LogP contribution in [0.1, 0.15) is 19.8 Å². The Kier molecular flexibility index (Phi) is 4.50. The van der Waals surface area contributed by atoms with Crippen LogP contribution in [0.5, 0.6) is 0 Å². The van der Waals surface area contributed by atoms with Gasteiger partial charge in [-0.2, -0.15) is 0 Å². The molecule has 0 amide bonds. The van der Waals surface area contributed by atoms with Crippen LogP contribution in [-0.2, 0) is 9.53 Å². The highest BCUT2D eigenvalue weighted by molar-refractivity contribution is 6.20. The van der Waals surface area contributed by atoms with Crippen molar-refractivity contribution in [2.75, 3.05) is 7.11 Å². The summed E-state index contributed by atoms with van der Waals surface area (Å²) in [6, 6.07) is 0. The van der Waals surface area contributed by atoms with E-state index in [0.717, 1.165) is 0 Å². The van der Waals surface area contributed by atoms with Crippen LogP contribution in [0, 0.1) is 0 Å². The summed E-state index contributed by atoms with van der Waals surface area (Å²) in [6.45, 7) is 1.85. The molecule has 54 valence electrons. The van der Waals surface area contributed by atoms with E-state index < -0.39 is 0 Å². The Bertz CT molecular complexity index is 91.1. The lowest BCUT2D eigenvalue weighted by atomic mass is 10.2. The molecule has 0 bridgehead atoms. The maximum Gasteiger partial charge on any atom is 0.305 e. The van der Waals surface area contributed by atoms with Crippen molar-refractivity contribution in [3.05, 3.63) is 0 Å². The SMILES string of the molecule is COC(=O)CCC(C)Cl. The largest absolute Gasteiger partial charge is 0.469 e. The molecule has 0 N–H and O–H groups in total. The summed E-state index contributed by atoms with van der Waals surface area (Å²) in [4.78, 5) is 10.4. The number of rotatable bonds is 3. The Hall–Kier alpha value is -0.240. The van der Waals surface area contributed by atoms with Gasteiger partial charge in [-0.05, 0) is 13.3 Å². The lowest BCUT2D eigenvalue weighted by Crippen LogP contribution is -2.02. The second-order valence-corrected chi connectivity index (χ2v) is 2.64. The first-order chi connectivity index (χ1) is 4.16. The van der Waals surface area contributed by atoms with Crippen LogP contribution >= 0.6 is 11.6 Å².